The first kappa shape index (κ1) is 14.5. The molecule has 3 nitrogen and oxygen atoms in total. The topological polar surface area (TPSA) is 41.1 Å². The summed E-state index contributed by atoms with van der Waals surface area (Å²) in [5.74, 6) is 0.0713. The molecule has 0 radical (unpaired) electrons. The standard InChI is InChI=1S/C12H15BrN2O.ClH/c13-9-4-6-10(7-5-9)15-12(16)11-3-1-2-8-14-11;/h4-7,11,14H,1-3,8H2,(H,15,16);1H. The van der Waals surface area contributed by atoms with Crippen LogP contribution in [0.2, 0.25) is 0 Å². The van der Waals surface area contributed by atoms with Gasteiger partial charge in [0, 0.05) is 10.2 Å². The number of carbonyl (C=O) groups is 1. The number of amides is 1. The summed E-state index contributed by atoms with van der Waals surface area (Å²) in [6.07, 6.45) is 3.23. The molecule has 1 heterocycles. The highest BCUT2D eigenvalue weighted by Crippen LogP contribution is 2.15. The molecular weight excluding hydrogens is 304 g/mol. The Labute approximate surface area is 116 Å². The van der Waals surface area contributed by atoms with Gasteiger partial charge in [-0.2, -0.15) is 0 Å². The van der Waals surface area contributed by atoms with Crippen molar-refractivity contribution in [1.82, 2.24) is 5.32 Å². The van der Waals surface area contributed by atoms with Gasteiger partial charge in [-0.15, -0.1) is 12.4 Å². The molecule has 1 unspecified atom stereocenters. The van der Waals surface area contributed by atoms with Crippen LogP contribution in [0, 0.1) is 0 Å². The lowest BCUT2D eigenvalue weighted by Crippen LogP contribution is -2.43. The van der Waals surface area contributed by atoms with Crippen molar-refractivity contribution < 1.29 is 4.79 Å². The van der Waals surface area contributed by atoms with Crippen molar-refractivity contribution >= 4 is 39.9 Å². The summed E-state index contributed by atoms with van der Waals surface area (Å²) in [5, 5.41) is 6.15. The number of carbonyl (C=O) groups excluding carboxylic acids is 1. The van der Waals surface area contributed by atoms with Crippen LogP contribution in [0.15, 0.2) is 28.7 Å². The Balaban J connectivity index is 0.00000144. The van der Waals surface area contributed by atoms with Gasteiger partial charge in [-0.3, -0.25) is 4.79 Å². The van der Waals surface area contributed by atoms with E-state index in [4.69, 9.17) is 0 Å². The van der Waals surface area contributed by atoms with Crippen LogP contribution < -0.4 is 10.6 Å². The van der Waals surface area contributed by atoms with E-state index in [1.54, 1.807) is 0 Å². The first-order valence-corrected chi connectivity index (χ1v) is 6.35. The molecule has 2 rings (SSSR count). The van der Waals surface area contributed by atoms with Gasteiger partial charge in [0.2, 0.25) is 5.91 Å². The SMILES string of the molecule is Cl.O=C(Nc1ccc(Br)cc1)C1CCCCN1. The summed E-state index contributed by atoms with van der Waals surface area (Å²) in [5.41, 5.74) is 0.848. The Morgan fingerprint density at radius 1 is 1.29 bits per heavy atom. The molecule has 1 saturated heterocycles. The molecule has 1 fully saturated rings. The van der Waals surface area contributed by atoms with Crippen molar-refractivity contribution in [1.29, 1.82) is 0 Å². The Bertz CT molecular complexity index is 363. The average molecular weight is 320 g/mol. The summed E-state index contributed by atoms with van der Waals surface area (Å²) in [4.78, 5) is 11.9. The number of hydrogen-bond acceptors (Lipinski definition) is 2. The van der Waals surface area contributed by atoms with E-state index in [1.807, 2.05) is 24.3 Å². The molecule has 0 spiro atoms. The summed E-state index contributed by atoms with van der Waals surface area (Å²) < 4.78 is 1.02. The van der Waals surface area contributed by atoms with Crippen LogP contribution in [0.4, 0.5) is 5.69 Å². The van der Waals surface area contributed by atoms with Gasteiger partial charge >= 0.3 is 0 Å². The first-order chi connectivity index (χ1) is 7.75. The first-order valence-electron chi connectivity index (χ1n) is 5.55. The second kappa shape index (κ2) is 6.99. The molecule has 1 aromatic rings. The minimum absolute atomic E-state index is 0. The zero-order valence-electron chi connectivity index (χ0n) is 9.41. The molecule has 0 saturated carbocycles. The van der Waals surface area contributed by atoms with Crippen molar-refractivity contribution in [3.63, 3.8) is 0 Å². The molecule has 1 amide bonds. The minimum Gasteiger partial charge on any atom is -0.325 e. The minimum atomic E-state index is -0.0302. The second-order valence-corrected chi connectivity index (χ2v) is 4.91. The summed E-state index contributed by atoms with van der Waals surface area (Å²) in [7, 11) is 0. The fraction of sp³-hybridized carbons (Fsp3) is 0.417. The molecule has 0 aliphatic carbocycles. The van der Waals surface area contributed by atoms with E-state index >= 15 is 0 Å². The van der Waals surface area contributed by atoms with Crippen molar-refractivity contribution in [3.8, 4) is 0 Å². The van der Waals surface area contributed by atoms with Crippen LogP contribution in [-0.4, -0.2) is 18.5 Å². The van der Waals surface area contributed by atoms with Gasteiger partial charge in [-0.1, -0.05) is 22.4 Å². The van der Waals surface area contributed by atoms with Crippen molar-refractivity contribution in [2.24, 2.45) is 0 Å². The fourth-order valence-corrected chi connectivity index (χ4v) is 2.10. The smallest absolute Gasteiger partial charge is 0.241 e. The van der Waals surface area contributed by atoms with Crippen LogP contribution in [0.25, 0.3) is 0 Å². The third kappa shape index (κ3) is 4.30. The monoisotopic (exact) mass is 318 g/mol. The number of benzene rings is 1. The molecule has 17 heavy (non-hydrogen) atoms. The highest BCUT2D eigenvalue weighted by atomic mass is 79.9. The molecule has 1 aliphatic heterocycles. The van der Waals surface area contributed by atoms with Crippen molar-refractivity contribution in [2.45, 2.75) is 25.3 Å². The highest BCUT2D eigenvalue weighted by Gasteiger charge is 2.20. The van der Waals surface area contributed by atoms with E-state index in [9.17, 15) is 4.79 Å². The number of anilines is 1. The number of rotatable bonds is 2. The van der Waals surface area contributed by atoms with E-state index in [1.165, 1.54) is 6.42 Å². The van der Waals surface area contributed by atoms with Crippen LogP contribution in [0.1, 0.15) is 19.3 Å². The molecule has 1 aliphatic rings. The van der Waals surface area contributed by atoms with E-state index in [2.05, 4.69) is 26.6 Å². The molecule has 2 N–H and O–H groups in total. The highest BCUT2D eigenvalue weighted by molar-refractivity contribution is 9.10. The average Bonchev–Trinajstić information content (AvgIpc) is 2.33. The Morgan fingerprint density at radius 2 is 2.00 bits per heavy atom. The van der Waals surface area contributed by atoms with Crippen molar-refractivity contribution in [2.75, 3.05) is 11.9 Å². The lowest BCUT2D eigenvalue weighted by atomic mass is 10.0. The normalized spacial score (nSPS) is 19.2. The largest absolute Gasteiger partial charge is 0.325 e. The van der Waals surface area contributed by atoms with Crippen LogP contribution in [0.5, 0.6) is 0 Å². The number of piperidine rings is 1. The molecule has 1 atom stereocenters. The third-order valence-corrected chi connectivity index (χ3v) is 3.27. The van der Waals surface area contributed by atoms with Gasteiger partial charge in [0.1, 0.15) is 0 Å². The Kier molecular flexibility index (Phi) is 5.95. The molecule has 94 valence electrons. The predicted molar refractivity (Wildman–Crippen MR) is 75.7 cm³/mol. The van der Waals surface area contributed by atoms with Gasteiger partial charge in [-0.25, -0.2) is 0 Å². The summed E-state index contributed by atoms with van der Waals surface area (Å²) >= 11 is 3.36. The fourth-order valence-electron chi connectivity index (χ4n) is 1.84. The van der Waals surface area contributed by atoms with Gasteiger partial charge in [0.05, 0.1) is 6.04 Å². The van der Waals surface area contributed by atoms with Gasteiger partial charge in [0.25, 0.3) is 0 Å². The van der Waals surface area contributed by atoms with Crippen LogP contribution in [-0.2, 0) is 4.79 Å². The predicted octanol–water partition coefficient (Wildman–Crippen LogP) is 2.95. The van der Waals surface area contributed by atoms with E-state index in [0.717, 1.165) is 29.5 Å². The number of nitrogens with one attached hydrogen (secondary N) is 2. The van der Waals surface area contributed by atoms with E-state index in [-0.39, 0.29) is 24.4 Å². The summed E-state index contributed by atoms with van der Waals surface area (Å²) in [6.45, 7) is 0.943. The third-order valence-electron chi connectivity index (χ3n) is 2.74. The maximum absolute atomic E-state index is 11.9. The molecule has 5 heteroatoms. The molecule has 0 aromatic heterocycles. The van der Waals surface area contributed by atoms with E-state index < -0.39 is 0 Å². The van der Waals surface area contributed by atoms with Crippen molar-refractivity contribution in [3.05, 3.63) is 28.7 Å². The zero-order chi connectivity index (χ0) is 11.4. The quantitative estimate of drug-likeness (QED) is 0.880. The Morgan fingerprint density at radius 3 is 2.59 bits per heavy atom. The molecule has 1 aromatic carbocycles. The molecule has 0 bridgehead atoms. The van der Waals surface area contributed by atoms with Gasteiger partial charge in [0.15, 0.2) is 0 Å². The lowest BCUT2D eigenvalue weighted by molar-refractivity contribution is -0.118. The zero-order valence-corrected chi connectivity index (χ0v) is 11.8. The Hall–Kier alpha value is -0.580. The maximum Gasteiger partial charge on any atom is 0.241 e. The summed E-state index contributed by atoms with van der Waals surface area (Å²) in [6, 6.07) is 7.60. The van der Waals surface area contributed by atoms with E-state index in [0.29, 0.717) is 0 Å². The van der Waals surface area contributed by atoms with Gasteiger partial charge in [-0.05, 0) is 43.7 Å². The second-order valence-electron chi connectivity index (χ2n) is 4.00. The lowest BCUT2D eigenvalue weighted by Gasteiger charge is -2.22. The van der Waals surface area contributed by atoms with Crippen LogP contribution >= 0.6 is 28.3 Å². The number of hydrogen-bond donors (Lipinski definition) is 2. The number of halogens is 2. The molecular formula is C12H16BrClN2O. The maximum atomic E-state index is 11.9. The van der Waals surface area contributed by atoms with Crippen LogP contribution in [0.3, 0.4) is 0 Å². The van der Waals surface area contributed by atoms with Gasteiger partial charge < -0.3 is 10.6 Å².